The molecule has 0 aromatic rings. The molecular weight excluding hydrogens is 380 g/mol. The Balaban J connectivity index is 1.57. The van der Waals surface area contributed by atoms with Crippen LogP contribution in [0.25, 0.3) is 0 Å². The van der Waals surface area contributed by atoms with Gasteiger partial charge in [0.1, 0.15) is 0 Å². The van der Waals surface area contributed by atoms with Crippen molar-refractivity contribution < 1.29 is 9.84 Å². The van der Waals surface area contributed by atoms with Crippen LogP contribution in [0.3, 0.4) is 0 Å². The van der Waals surface area contributed by atoms with Crippen molar-refractivity contribution in [2.45, 2.75) is 98.8 Å². The number of aliphatic hydroxyl groups excluding tert-OH is 1. The van der Waals surface area contributed by atoms with Gasteiger partial charge in [0, 0.05) is 6.42 Å². The van der Waals surface area contributed by atoms with E-state index in [1.54, 1.807) is 7.11 Å². The molecule has 0 amide bonds. The number of hydrogen-bond donors (Lipinski definition) is 1. The Morgan fingerprint density at radius 3 is 2.52 bits per heavy atom. The van der Waals surface area contributed by atoms with Crippen LogP contribution in [-0.2, 0) is 4.74 Å². The molecule has 2 heteroatoms. The number of methoxy groups -OCH3 is 1. The lowest BCUT2D eigenvalue weighted by Gasteiger charge is -2.58. The Bertz CT molecular complexity index is 718. The Morgan fingerprint density at radius 2 is 1.84 bits per heavy atom. The summed E-state index contributed by atoms with van der Waals surface area (Å²) in [4.78, 5) is 0. The Hall–Kier alpha value is -0.760. The van der Waals surface area contributed by atoms with Gasteiger partial charge in [0.2, 0.25) is 0 Å². The highest BCUT2D eigenvalue weighted by Crippen LogP contribution is 2.68. The molecule has 2 saturated carbocycles. The molecule has 0 saturated heterocycles. The van der Waals surface area contributed by atoms with Gasteiger partial charge in [-0.05, 0) is 102 Å². The molecule has 4 rings (SSSR count). The van der Waals surface area contributed by atoms with Gasteiger partial charge in [-0.3, -0.25) is 0 Å². The standard InChI is InChI=1S/C29H48O2/c1-19(2)8-7-9-20(3)24-10-11-25-23-16-21(18-30)27-17-22(31-6)12-14-29(27,5)26(23)13-15-28(24,25)4/h17,19-20,23-26,30H,7-16,18H2,1-6H3/t20-,23+,24-,25+,26+,28-,29-/m1/s1. The third-order valence-corrected chi connectivity index (χ3v) is 10.6. The van der Waals surface area contributed by atoms with E-state index in [9.17, 15) is 5.11 Å². The first-order chi connectivity index (χ1) is 14.7. The fraction of sp³-hybridized carbons (Fsp3) is 0.862. The lowest BCUT2D eigenvalue weighted by atomic mass is 9.46. The zero-order chi connectivity index (χ0) is 22.4. The van der Waals surface area contributed by atoms with Crippen LogP contribution in [-0.4, -0.2) is 18.8 Å². The quantitative estimate of drug-likeness (QED) is 0.454. The van der Waals surface area contributed by atoms with Crippen molar-refractivity contribution in [1.82, 2.24) is 0 Å². The number of allylic oxidation sites excluding steroid dienone is 3. The summed E-state index contributed by atoms with van der Waals surface area (Å²) in [7, 11) is 1.80. The zero-order valence-electron chi connectivity index (χ0n) is 21.2. The maximum absolute atomic E-state index is 10.4. The van der Waals surface area contributed by atoms with Crippen LogP contribution < -0.4 is 0 Å². The molecule has 31 heavy (non-hydrogen) atoms. The Morgan fingerprint density at radius 1 is 1.06 bits per heavy atom. The number of aliphatic hydroxyl groups is 1. The highest BCUT2D eigenvalue weighted by Gasteiger charge is 2.59. The summed E-state index contributed by atoms with van der Waals surface area (Å²) in [5.74, 6) is 6.08. The molecule has 0 aliphatic heterocycles. The molecule has 2 fully saturated rings. The van der Waals surface area contributed by atoms with Crippen molar-refractivity contribution in [3.8, 4) is 0 Å². The predicted octanol–water partition coefficient (Wildman–Crippen LogP) is 7.53. The van der Waals surface area contributed by atoms with E-state index in [-0.39, 0.29) is 12.0 Å². The summed E-state index contributed by atoms with van der Waals surface area (Å²) >= 11 is 0. The van der Waals surface area contributed by atoms with Crippen molar-refractivity contribution in [2.75, 3.05) is 13.7 Å². The first-order valence-electron chi connectivity index (χ1n) is 13.3. The van der Waals surface area contributed by atoms with Crippen LogP contribution in [0.15, 0.2) is 23.0 Å². The van der Waals surface area contributed by atoms with Crippen LogP contribution in [0.1, 0.15) is 98.8 Å². The van der Waals surface area contributed by atoms with Crippen LogP contribution in [0.5, 0.6) is 0 Å². The zero-order valence-corrected chi connectivity index (χ0v) is 21.2. The molecule has 0 radical (unpaired) electrons. The lowest BCUT2D eigenvalue weighted by molar-refractivity contribution is -0.0500. The average molecular weight is 429 g/mol. The summed E-state index contributed by atoms with van der Waals surface area (Å²) in [5, 5.41) is 10.4. The van der Waals surface area contributed by atoms with E-state index in [0.717, 1.165) is 54.1 Å². The second-order valence-electron chi connectivity index (χ2n) is 12.5. The fourth-order valence-electron chi connectivity index (χ4n) is 8.90. The molecule has 176 valence electrons. The summed E-state index contributed by atoms with van der Waals surface area (Å²) in [6.07, 6.45) is 15.5. The van der Waals surface area contributed by atoms with Gasteiger partial charge in [-0.15, -0.1) is 0 Å². The van der Waals surface area contributed by atoms with Gasteiger partial charge in [-0.1, -0.05) is 53.9 Å². The molecule has 7 atom stereocenters. The lowest BCUT2D eigenvalue weighted by Crippen LogP contribution is -2.50. The molecule has 0 aromatic carbocycles. The largest absolute Gasteiger partial charge is 0.501 e. The minimum atomic E-state index is 0.222. The second kappa shape index (κ2) is 8.88. The van der Waals surface area contributed by atoms with Crippen LogP contribution in [0.2, 0.25) is 0 Å². The predicted molar refractivity (Wildman–Crippen MR) is 130 cm³/mol. The van der Waals surface area contributed by atoms with Crippen LogP contribution in [0, 0.1) is 46.3 Å². The molecule has 0 heterocycles. The fourth-order valence-corrected chi connectivity index (χ4v) is 8.90. The van der Waals surface area contributed by atoms with Crippen molar-refractivity contribution in [2.24, 2.45) is 46.3 Å². The Kier molecular flexibility index (Phi) is 6.70. The topological polar surface area (TPSA) is 29.5 Å². The van der Waals surface area contributed by atoms with Gasteiger partial charge in [-0.2, -0.15) is 0 Å². The monoisotopic (exact) mass is 428 g/mol. The van der Waals surface area contributed by atoms with E-state index < -0.39 is 0 Å². The van der Waals surface area contributed by atoms with Gasteiger partial charge in [0.05, 0.1) is 19.5 Å². The molecule has 1 N–H and O–H groups in total. The van der Waals surface area contributed by atoms with Crippen molar-refractivity contribution in [3.63, 3.8) is 0 Å². The second-order valence-corrected chi connectivity index (χ2v) is 12.5. The smallest absolute Gasteiger partial charge is 0.0958 e. The molecule has 0 unspecified atom stereocenters. The molecule has 0 bridgehead atoms. The van der Waals surface area contributed by atoms with E-state index in [0.29, 0.717) is 5.41 Å². The first-order valence-corrected chi connectivity index (χ1v) is 13.3. The molecule has 0 aromatic heterocycles. The van der Waals surface area contributed by atoms with Gasteiger partial charge >= 0.3 is 0 Å². The van der Waals surface area contributed by atoms with E-state index in [4.69, 9.17) is 4.74 Å². The maximum atomic E-state index is 10.4. The minimum Gasteiger partial charge on any atom is -0.501 e. The molecule has 0 spiro atoms. The van der Waals surface area contributed by atoms with Crippen LogP contribution >= 0.6 is 0 Å². The number of rotatable bonds is 7. The van der Waals surface area contributed by atoms with Gasteiger partial charge in [0.25, 0.3) is 0 Å². The third kappa shape index (κ3) is 3.94. The summed E-state index contributed by atoms with van der Waals surface area (Å²) in [6.45, 7) is 12.7. The highest BCUT2D eigenvalue weighted by atomic mass is 16.5. The minimum absolute atomic E-state index is 0.222. The van der Waals surface area contributed by atoms with Gasteiger partial charge in [0.15, 0.2) is 0 Å². The Labute approximate surface area is 191 Å². The van der Waals surface area contributed by atoms with E-state index in [1.807, 2.05) is 0 Å². The van der Waals surface area contributed by atoms with Gasteiger partial charge in [-0.25, -0.2) is 0 Å². The average Bonchev–Trinajstić information content (AvgIpc) is 3.09. The first kappa shape index (κ1) is 23.4. The van der Waals surface area contributed by atoms with Gasteiger partial charge < -0.3 is 9.84 Å². The van der Waals surface area contributed by atoms with E-state index in [2.05, 4.69) is 40.7 Å². The number of ether oxygens (including phenoxy) is 1. The van der Waals surface area contributed by atoms with Crippen molar-refractivity contribution in [3.05, 3.63) is 23.0 Å². The summed E-state index contributed by atoms with van der Waals surface area (Å²) < 4.78 is 5.63. The van der Waals surface area contributed by atoms with E-state index in [1.165, 1.54) is 62.5 Å². The third-order valence-electron chi connectivity index (χ3n) is 10.6. The van der Waals surface area contributed by atoms with Crippen molar-refractivity contribution >= 4 is 0 Å². The van der Waals surface area contributed by atoms with Crippen molar-refractivity contribution in [1.29, 1.82) is 0 Å². The molecule has 4 aliphatic rings. The highest BCUT2D eigenvalue weighted by molar-refractivity contribution is 5.40. The number of hydrogen-bond acceptors (Lipinski definition) is 2. The molecule has 4 aliphatic carbocycles. The molecule has 2 nitrogen and oxygen atoms in total. The normalized spacial score (nSPS) is 40.8. The SMILES string of the molecule is COC1=CC2=C(CO)C[C@H]3[C@@H]4CC[C@H]([C@H](C)CCCC(C)C)[C@@]4(C)CC[C@@H]3[C@@]2(C)CC1. The van der Waals surface area contributed by atoms with E-state index >= 15 is 0 Å². The molecular formula is C29H48O2. The summed E-state index contributed by atoms with van der Waals surface area (Å²) in [6, 6.07) is 0. The summed E-state index contributed by atoms with van der Waals surface area (Å²) in [5.41, 5.74) is 3.48. The number of fused-ring (bicyclic) bond motifs is 5. The van der Waals surface area contributed by atoms with Crippen LogP contribution in [0.4, 0.5) is 0 Å². The maximum Gasteiger partial charge on any atom is 0.0958 e.